The van der Waals surface area contributed by atoms with Gasteiger partial charge in [0.2, 0.25) is 0 Å². The molecule has 0 fully saturated rings. The Bertz CT molecular complexity index is 1020. The summed E-state index contributed by atoms with van der Waals surface area (Å²) in [6.07, 6.45) is 3.60. The summed E-state index contributed by atoms with van der Waals surface area (Å²) in [7, 11) is 2.14. The van der Waals surface area contributed by atoms with Crippen molar-refractivity contribution in [3.63, 3.8) is 0 Å². The van der Waals surface area contributed by atoms with E-state index in [1.165, 1.54) is 34.3 Å². The smallest absolute Gasteiger partial charge is 0.123 e. The molecule has 1 N–H and O–H groups in total. The van der Waals surface area contributed by atoms with E-state index in [9.17, 15) is 9.50 Å². The molecule has 0 atom stereocenters. The number of fused-ring (bicyclic) bond motifs is 3. The first-order valence-electron chi connectivity index (χ1n) is 9.60. The molecule has 146 valence electrons. The Labute approximate surface area is 169 Å². The van der Waals surface area contributed by atoms with Gasteiger partial charge in [0.1, 0.15) is 5.82 Å². The average Bonchev–Trinajstić information content (AvgIpc) is 2.98. The highest BCUT2D eigenvalue weighted by Crippen LogP contribution is 2.34. The summed E-state index contributed by atoms with van der Waals surface area (Å²) in [6.45, 7) is 2.70. The number of allylic oxidation sites excluding steroid dienone is 1. The number of likely N-dealkylation sites (N-methyl/N-ethyl adjacent to an activating group) is 1. The van der Waals surface area contributed by atoms with Gasteiger partial charge in [0, 0.05) is 54.3 Å². The van der Waals surface area contributed by atoms with Gasteiger partial charge in [-0.3, -0.25) is 0 Å². The molecule has 0 saturated heterocycles. The van der Waals surface area contributed by atoms with Crippen LogP contribution in [0.1, 0.15) is 23.2 Å². The molecule has 28 heavy (non-hydrogen) atoms. The van der Waals surface area contributed by atoms with Gasteiger partial charge < -0.3 is 14.6 Å². The number of aliphatic hydroxyl groups excluding tert-OH is 1. The lowest BCUT2D eigenvalue weighted by Crippen LogP contribution is -2.27. The molecule has 0 aliphatic carbocycles. The number of rotatable bonds is 5. The number of hydrogen-bond donors (Lipinski definition) is 1. The lowest BCUT2D eigenvalue weighted by Gasteiger charge is -2.24. The Morgan fingerprint density at radius 1 is 1.21 bits per heavy atom. The van der Waals surface area contributed by atoms with E-state index in [4.69, 9.17) is 11.6 Å². The largest absolute Gasteiger partial charge is 0.396 e. The summed E-state index contributed by atoms with van der Waals surface area (Å²) < 4.78 is 15.8. The Hall–Kier alpha value is -2.14. The highest BCUT2D eigenvalue weighted by Gasteiger charge is 2.23. The van der Waals surface area contributed by atoms with E-state index in [2.05, 4.69) is 34.7 Å². The normalized spacial score (nSPS) is 15.2. The number of aromatic nitrogens is 1. The quantitative estimate of drug-likeness (QED) is 0.663. The first-order valence-corrected chi connectivity index (χ1v) is 9.98. The molecule has 1 aromatic heterocycles. The first-order chi connectivity index (χ1) is 13.6. The molecule has 0 saturated carbocycles. The van der Waals surface area contributed by atoms with Crippen molar-refractivity contribution in [2.24, 2.45) is 0 Å². The molecular weight excluding hydrogens is 375 g/mol. The van der Waals surface area contributed by atoms with Crippen molar-refractivity contribution in [1.29, 1.82) is 0 Å². The van der Waals surface area contributed by atoms with Crippen molar-refractivity contribution >= 4 is 28.1 Å². The molecule has 0 radical (unpaired) electrons. The van der Waals surface area contributed by atoms with Gasteiger partial charge in [-0.2, -0.15) is 0 Å². The Balaban J connectivity index is 1.82. The number of halogens is 2. The number of hydrogen-bond acceptors (Lipinski definition) is 2. The maximum absolute atomic E-state index is 13.4. The second-order valence-electron chi connectivity index (χ2n) is 7.41. The van der Waals surface area contributed by atoms with Crippen LogP contribution in [0.3, 0.4) is 0 Å². The number of aliphatic hydroxyl groups is 1. The van der Waals surface area contributed by atoms with Crippen LogP contribution < -0.4 is 0 Å². The van der Waals surface area contributed by atoms with Crippen LogP contribution in [-0.4, -0.2) is 34.8 Å². The lowest BCUT2D eigenvalue weighted by molar-refractivity contribution is 0.302. The van der Waals surface area contributed by atoms with E-state index in [0.29, 0.717) is 13.0 Å². The van der Waals surface area contributed by atoms with E-state index >= 15 is 0 Å². The summed E-state index contributed by atoms with van der Waals surface area (Å²) in [5.41, 5.74) is 5.91. The molecule has 1 aliphatic rings. The van der Waals surface area contributed by atoms with Gasteiger partial charge in [-0.1, -0.05) is 29.8 Å². The zero-order valence-corrected chi connectivity index (χ0v) is 16.7. The SMILES string of the molecule is CN1CCc2c(c3cc(Cl)ccc3n2CC(=CCCO)c2ccc(F)cc2)C1. The van der Waals surface area contributed by atoms with Crippen molar-refractivity contribution < 1.29 is 9.50 Å². The minimum absolute atomic E-state index is 0.0929. The average molecular weight is 399 g/mol. The van der Waals surface area contributed by atoms with Gasteiger partial charge in [-0.05, 0) is 60.5 Å². The topological polar surface area (TPSA) is 28.4 Å². The second-order valence-corrected chi connectivity index (χ2v) is 7.85. The molecule has 3 aromatic rings. The maximum atomic E-state index is 13.4. The standard InChI is InChI=1S/C23H24ClFN2O/c1-26-11-10-23-21(15-26)20-13-18(24)6-9-22(20)27(23)14-17(3-2-12-28)16-4-7-19(25)8-5-16/h3-9,13,28H,2,10-12,14-15H2,1H3. The van der Waals surface area contributed by atoms with E-state index < -0.39 is 0 Å². The first kappa shape index (κ1) is 19.2. The zero-order valence-electron chi connectivity index (χ0n) is 16.0. The summed E-state index contributed by atoms with van der Waals surface area (Å²) >= 11 is 6.29. The van der Waals surface area contributed by atoms with E-state index in [-0.39, 0.29) is 12.4 Å². The molecule has 0 bridgehead atoms. The van der Waals surface area contributed by atoms with Crippen molar-refractivity contribution in [2.75, 3.05) is 20.2 Å². The molecule has 2 heterocycles. The van der Waals surface area contributed by atoms with Crippen LogP contribution in [0.25, 0.3) is 16.5 Å². The third kappa shape index (κ3) is 3.72. The molecule has 1 aliphatic heterocycles. The highest BCUT2D eigenvalue weighted by molar-refractivity contribution is 6.31. The van der Waals surface area contributed by atoms with Crippen LogP contribution in [0.4, 0.5) is 4.39 Å². The van der Waals surface area contributed by atoms with Crippen LogP contribution >= 0.6 is 11.6 Å². The van der Waals surface area contributed by atoms with Gasteiger partial charge in [-0.25, -0.2) is 4.39 Å². The molecule has 5 heteroatoms. The van der Waals surface area contributed by atoms with E-state index in [0.717, 1.165) is 35.7 Å². The van der Waals surface area contributed by atoms with Gasteiger partial charge in [0.15, 0.2) is 0 Å². The fourth-order valence-electron chi connectivity index (χ4n) is 4.08. The van der Waals surface area contributed by atoms with Crippen LogP contribution in [0, 0.1) is 5.82 Å². The maximum Gasteiger partial charge on any atom is 0.123 e. The van der Waals surface area contributed by atoms with Gasteiger partial charge in [0.25, 0.3) is 0 Å². The van der Waals surface area contributed by atoms with E-state index in [1.807, 2.05) is 6.07 Å². The van der Waals surface area contributed by atoms with Crippen LogP contribution in [0.2, 0.25) is 5.02 Å². The number of nitrogens with zero attached hydrogens (tertiary/aromatic N) is 2. The summed E-state index contributed by atoms with van der Waals surface area (Å²) in [5, 5.41) is 11.3. The van der Waals surface area contributed by atoms with Crippen LogP contribution in [0.5, 0.6) is 0 Å². The molecular formula is C23H24ClFN2O. The summed E-state index contributed by atoms with van der Waals surface area (Å²) in [4.78, 5) is 2.33. The van der Waals surface area contributed by atoms with Crippen molar-refractivity contribution in [3.05, 3.63) is 76.2 Å². The molecule has 4 rings (SSSR count). The predicted octanol–water partition coefficient (Wildman–Crippen LogP) is 4.89. The second kappa shape index (κ2) is 8.08. The molecule has 0 unspecified atom stereocenters. The molecule has 3 nitrogen and oxygen atoms in total. The van der Waals surface area contributed by atoms with Gasteiger partial charge >= 0.3 is 0 Å². The third-order valence-corrected chi connectivity index (χ3v) is 5.71. The highest BCUT2D eigenvalue weighted by atomic mass is 35.5. The lowest BCUT2D eigenvalue weighted by atomic mass is 10.0. The Kier molecular flexibility index (Phi) is 5.54. The summed E-state index contributed by atoms with van der Waals surface area (Å²) in [5.74, 6) is -0.244. The minimum atomic E-state index is -0.244. The van der Waals surface area contributed by atoms with Crippen molar-refractivity contribution in [1.82, 2.24) is 9.47 Å². The fraction of sp³-hybridized carbons (Fsp3) is 0.304. The van der Waals surface area contributed by atoms with E-state index in [1.54, 1.807) is 12.1 Å². The zero-order chi connectivity index (χ0) is 19.7. The molecule has 0 spiro atoms. The number of benzene rings is 2. The monoisotopic (exact) mass is 398 g/mol. The van der Waals surface area contributed by atoms with Crippen molar-refractivity contribution in [3.8, 4) is 0 Å². The Morgan fingerprint density at radius 3 is 2.75 bits per heavy atom. The van der Waals surface area contributed by atoms with Gasteiger partial charge in [0.05, 0.1) is 0 Å². The molecule has 0 amide bonds. The third-order valence-electron chi connectivity index (χ3n) is 5.47. The predicted molar refractivity (Wildman–Crippen MR) is 113 cm³/mol. The van der Waals surface area contributed by atoms with Gasteiger partial charge in [-0.15, -0.1) is 0 Å². The van der Waals surface area contributed by atoms with Crippen molar-refractivity contribution in [2.45, 2.75) is 25.9 Å². The molecule has 2 aromatic carbocycles. The minimum Gasteiger partial charge on any atom is -0.396 e. The van der Waals surface area contributed by atoms with Crippen LogP contribution in [0.15, 0.2) is 48.5 Å². The Morgan fingerprint density at radius 2 is 2.00 bits per heavy atom. The fourth-order valence-corrected chi connectivity index (χ4v) is 4.26. The summed E-state index contributed by atoms with van der Waals surface area (Å²) in [6, 6.07) is 12.7. The van der Waals surface area contributed by atoms with Crippen LogP contribution in [-0.2, 0) is 19.5 Å².